The Labute approximate surface area is 164 Å². The van der Waals surface area contributed by atoms with E-state index in [4.69, 9.17) is 0 Å². The Morgan fingerprint density at radius 3 is 2.64 bits per heavy atom. The maximum absolute atomic E-state index is 12.7. The quantitative estimate of drug-likeness (QED) is 0.575. The predicted octanol–water partition coefficient (Wildman–Crippen LogP) is 4.50. The molecule has 0 spiro atoms. The van der Waals surface area contributed by atoms with E-state index >= 15 is 0 Å². The maximum Gasteiger partial charge on any atom is 0.253 e. The second-order valence-electron chi connectivity index (χ2n) is 7.06. The molecule has 0 saturated carbocycles. The van der Waals surface area contributed by atoms with Gasteiger partial charge < -0.3 is 9.72 Å². The number of hydrogen-bond acceptors (Lipinski definition) is 3. The number of benzene rings is 1. The summed E-state index contributed by atoms with van der Waals surface area (Å²) >= 11 is 0. The van der Waals surface area contributed by atoms with Gasteiger partial charge >= 0.3 is 0 Å². The van der Waals surface area contributed by atoms with E-state index in [0.29, 0.717) is 5.56 Å². The number of imidazole rings is 1. The van der Waals surface area contributed by atoms with Gasteiger partial charge in [-0.2, -0.15) is 0 Å². The van der Waals surface area contributed by atoms with Crippen molar-refractivity contribution in [3.8, 4) is 11.3 Å². The predicted molar refractivity (Wildman–Crippen MR) is 110 cm³/mol. The van der Waals surface area contributed by atoms with Gasteiger partial charge in [0.05, 0.1) is 23.0 Å². The molecule has 3 aromatic heterocycles. The molecule has 1 unspecified atom stereocenters. The van der Waals surface area contributed by atoms with Crippen LogP contribution in [0.3, 0.4) is 0 Å². The van der Waals surface area contributed by atoms with Crippen LogP contribution in [0, 0.1) is 13.8 Å². The molecule has 3 heterocycles. The van der Waals surface area contributed by atoms with Gasteiger partial charge in [-0.3, -0.25) is 9.78 Å². The number of carbonyl (C=O) groups is 1. The van der Waals surface area contributed by atoms with Crippen molar-refractivity contribution in [3.63, 3.8) is 0 Å². The number of rotatable bonds is 4. The first-order valence-corrected chi connectivity index (χ1v) is 9.29. The number of pyridine rings is 2. The third kappa shape index (κ3) is 3.51. The number of aromatic nitrogens is 3. The molecular formula is C23H22N4O. The monoisotopic (exact) mass is 370 g/mol. The Morgan fingerprint density at radius 2 is 1.89 bits per heavy atom. The van der Waals surface area contributed by atoms with Crippen molar-refractivity contribution >= 4 is 11.6 Å². The third-order valence-corrected chi connectivity index (χ3v) is 4.99. The van der Waals surface area contributed by atoms with Gasteiger partial charge in [0.1, 0.15) is 5.65 Å². The minimum absolute atomic E-state index is 0.138. The lowest BCUT2D eigenvalue weighted by atomic mass is 10.1. The van der Waals surface area contributed by atoms with Crippen LogP contribution in [-0.4, -0.2) is 20.3 Å². The number of aryl methyl sites for hydroxylation is 2. The summed E-state index contributed by atoms with van der Waals surface area (Å²) in [5.41, 5.74) is 6.68. The van der Waals surface area contributed by atoms with Crippen LogP contribution in [0.15, 0.2) is 67.1 Å². The van der Waals surface area contributed by atoms with E-state index < -0.39 is 0 Å². The van der Waals surface area contributed by atoms with E-state index in [-0.39, 0.29) is 11.9 Å². The first-order valence-electron chi connectivity index (χ1n) is 9.29. The topological polar surface area (TPSA) is 59.3 Å². The molecule has 1 atom stereocenters. The molecule has 4 rings (SSSR count). The van der Waals surface area contributed by atoms with E-state index in [1.807, 2.05) is 48.0 Å². The van der Waals surface area contributed by atoms with Crippen LogP contribution < -0.4 is 5.32 Å². The summed E-state index contributed by atoms with van der Waals surface area (Å²) in [6.45, 7) is 6.12. The van der Waals surface area contributed by atoms with Crippen molar-refractivity contribution in [1.29, 1.82) is 0 Å². The summed E-state index contributed by atoms with van der Waals surface area (Å²) in [6, 6.07) is 15.5. The number of amides is 1. The van der Waals surface area contributed by atoms with Gasteiger partial charge in [0.15, 0.2) is 0 Å². The Balaban J connectivity index is 1.59. The standard InChI is InChI=1S/C23H22N4O/c1-15-7-8-18(12-16(15)2)21-14-27-13-19(9-10-22(27)26-21)23(28)25-17(3)20-6-4-5-11-24-20/h4-14,17H,1-3H3,(H,25,28). The number of nitrogens with one attached hydrogen (secondary N) is 1. The number of nitrogens with zero attached hydrogens (tertiary/aromatic N) is 3. The van der Waals surface area contributed by atoms with Gasteiger partial charge in [-0.15, -0.1) is 0 Å². The molecule has 0 bridgehead atoms. The van der Waals surface area contributed by atoms with Gasteiger partial charge in [0.2, 0.25) is 0 Å². The SMILES string of the molecule is Cc1ccc(-c2cn3cc(C(=O)NC(C)c4ccccn4)ccc3n2)cc1C. The number of fused-ring (bicyclic) bond motifs is 1. The van der Waals surface area contributed by atoms with Crippen molar-refractivity contribution in [2.45, 2.75) is 26.8 Å². The summed E-state index contributed by atoms with van der Waals surface area (Å²) in [5.74, 6) is -0.138. The van der Waals surface area contributed by atoms with Crippen molar-refractivity contribution in [3.05, 3.63) is 89.5 Å². The van der Waals surface area contributed by atoms with Crippen LogP contribution in [0.25, 0.3) is 16.9 Å². The summed E-state index contributed by atoms with van der Waals surface area (Å²) < 4.78 is 1.89. The van der Waals surface area contributed by atoms with Gasteiger partial charge in [0.25, 0.3) is 5.91 Å². The highest BCUT2D eigenvalue weighted by molar-refractivity contribution is 5.94. The lowest BCUT2D eigenvalue weighted by Gasteiger charge is -2.13. The molecule has 0 radical (unpaired) electrons. The molecule has 1 amide bonds. The maximum atomic E-state index is 12.7. The molecule has 5 heteroatoms. The van der Waals surface area contributed by atoms with Crippen molar-refractivity contribution in [2.24, 2.45) is 0 Å². The third-order valence-electron chi connectivity index (χ3n) is 4.99. The van der Waals surface area contributed by atoms with Crippen LogP contribution in [-0.2, 0) is 0 Å². The fourth-order valence-electron chi connectivity index (χ4n) is 3.15. The molecule has 0 fully saturated rings. The first kappa shape index (κ1) is 17.9. The van der Waals surface area contributed by atoms with Gasteiger partial charge in [-0.05, 0) is 62.2 Å². The highest BCUT2D eigenvalue weighted by Gasteiger charge is 2.14. The number of hydrogen-bond donors (Lipinski definition) is 1. The van der Waals surface area contributed by atoms with E-state index in [1.165, 1.54) is 11.1 Å². The average Bonchev–Trinajstić information content (AvgIpc) is 3.14. The molecular weight excluding hydrogens is 348 g/mol. The van der Waals surface area contributed by atoms with Crippen molar-refractivity contribution in [2.75, 3.05) is 0 Å². The molecule has 0 saturated heterocycles. The normalized spacial score (nSPS) is 12.1. The Kier molecular flexibility index (Phi) is 4.65. The zero-order valence-electron chi connectivity index (χ0n) is 16.2. The summed E-state index contributed by atoms with van der Waals surface area (Å²) in [4.78, 5) is 21.6. The van der Waals surface area contributed by atoms with E-state index in [9.17, 15) is 4.79 Å². The molecule has 0 aliphatic carbocycles. The molecule has 5 nitrogen and oxygen atoms in total. The van der Waals surface area contributed by atoms with E-state index in [2.05, 4.69) is 47.3 Å². The lowest BCUT2D eigenvalue weighted by Crippen LogP contribution is -2.27. The van der Waals surface area contributed by atoms with E-state index in [1.54, 1.807) is 12.3 Å². The Morgan fingerprint density at radius 1 is 1.04 bits per heavy atom. The Hall–Kier alpha value is -3.47. The van der Waals surface area contributed by atoms with Crippen LogP contribution in [0.5, 0.6) is 0 Å². The van der Waals surface area contributed by atoms with Gasteiger partial charge in [0, 0.05) is 24.2 Å². The molecule has 0 aliphatic rings. The molecule has 140 valence electrons. The second-order valence-corrected chi connectivity index (χ2v) is 7.06. The zero-order chi connectivity index (χ0) is 19.7. The van der Waals surface area contributed by atoms with Crippen molar-refractivity contribution < 1.29 is 4.79 Å². The van der Waals surface area contributed by atoms with Crippen LogP contribution >= 0.6 is 0 Å². The average molecular weight is 370 g/mol. The van der Waals surface area contributed by atoms with Gasteiger partial charge in [-0.1, -0.05) is 18.2 Å². The molecule has 0 aliphatic heterocycles. The fraction of sp³-hybridized carbons (Fsp3) is 0.174. The zero-order valence-corrected chi connectivity index (χ0v) is 16.2. The highest BCUT2D eigenvalue weighted by Crippen LogP contribution is 2.22. The molecule has 28 heavy (non-hydrogen) atoms. The molecule has 1 aromatic carbocycles. The smallest absolute Gasteiger partial charge is 0.253 e. The highest BCUT2D eigenvalue weighted by atomic mass is 16.1. The summed E-state index contributed by atoms with van der Waals surface area (Å²) in [7, 11) is 0. The molecule has 4 aromatic rings. The van der Waals surface area contributed by atoms with Crippen LogP contribution in [0.4, 0.5) is 0 Å². The summed E-state index contributed by atoms with van der Waals surface area (Å²) in [5, 5.41) is 2.99. The first-order chi connectivity index (χ1) is 13.5. The fourth-order valence-corrected chi connectivity index (χ4v) is 3.15. The van der Waals surface area contributed by atoms with Gasteiger partial charge in [-0.25, -0.2) is 4.98 Å². The second kappa shape index (κ2) is 7.27. The minimum atomic E-state index is -0.168. The van der Waals surface area contributed by atoms with Crippen LogP contribution in [0.1, 0.15) is 40.1 Å². The largest absolute Gasteiger partial charge is 0.344 e. The molecule has 1 N–H and O–H groups in total. The van der Waals surface area contributed by atoms with Crippen LogP contribution in [0.2, 0.25) is 0 Å². The Bertz CT molecular complexity index is 1150. The van der Waals surface area contributed by atoms with Crippen molar-refractivity contribution in [1.82, 2.24) is 19.7 Å². The van der Waals surface area contributed by atoms with E-state index in [0.717, 1.165) is 22.6 Å². The number of carbonyl (C=O) groups excluding carboxylic acids is 1. The summed E-state index contributed by atoms with van der Waals surface area (Å²) in [6.07, 6.45) is 5.50. The minimum Gasteiger partial charge on any atom is -0.344 e. The lowest BCUT2D eigenvalue weighted by molar-refractivity contribution is 0.0938.